The van der Waals surface area contributed by atoms with Crippen molar-refractivity contribution in [2.24, 2.45) is 0 Å². The second kappa shape index (κ2) is 7.77. The molecule has 1 aromatic heterocycles. The first-order chi connectivity index (χ1) is 12.1. The van der Waals surface area contributed by atoms with Gasteiger partial charge in [0, 0.05) is 5.56 Å². The average molecular weight is 339 g/mol. The van der Waals surface area contributed by atoms with Gasteiger partial charge < -0.3 is 15.1 Å². The SMILES string of the molecule is C[C@@H]([NH2+][C@@H](c1ccccc1)c1ccco1)C(=O)Nc1ccccc1F. The molecule has 25 heavy (non-hydrogen) atoms. The molecule has 1 amide bonds. The standard InChI is InChI=1S/C20H19FN2O2/c1-14(20(24)23-17-11-6-5-10-16(17)21)22-19(18-12-7-13-25-18)15-8-3-2-4-9-15/h2-14,19,22H,1H3,(H,23,24)/p+1/t14-,19+/m1/s1. The fourth-order valence-electron chi connectivity index (χ4n) is 2.68. The molecule has 2 atom stereocenters. The highest BCUT2D eigenvalue weighted by molar-refractivity contribution is 5.93. The average Bonchev–Trinajstić information content (AvgIpc) is 3.16. The summed E-state index contributed by atoms with van der Waals surface area (Å²) in [6.45, 7) is 1.79. The maximum absolute atomic E-state index is 13.7. The summed E-state index contributed by atoms with van der Waals surface area (Å²) in [6.07, 6.45) is 1.61. The van der Waals surface area contributed by atoms with Crippen molar-refractivity contribution in [3.63, 3.8) is 0 Å². The molecule has 0 unspecified atom stereocenters. The minimum Gasteiger partial charge on any atom is -0.463 e. The lowest BCUT2D eigenvalue weighted by Gasteiger charge is -2.19. The monoisotopic (exact) mass is 339 g/mol. The fourth-order valence-corrected chi connectivity index (χ4v) is 2.68. The molecule has 0 aliphatic heterocycles. The molecule has 1 heterocycles. The van der Waals surface area contributed by atoms with E-state index in [4.69, 9.17) is 4.42 Å². The van der Waals surface area contributed by atoms with Crippen LogP contribution in [0.25, 0.3) is 0 Å². The first kappa shape index (κ1) is 16.9. The highest BCUT2D eigenvalue weighted by atomic mass is 19.1. The summed E-state index contributed by atoms with van der Waals surface area (Å²) in [7, 11) is 0. The molecule has 4 nitrogen and oxygen atoms in total. The van der Waals surface area contributed by atoms with Gasteiger partial charge in [-0.1, -0.05) is 42.5 Å². The number of carbonyl (C=O) groups excluding carboxylic acids is 1. The number of para-hydroxylation sites is 1. The van der Waals surface area contributed by atoms with E-state index in [2.05, 4.69) is 5.32 Å². The molecule has 0 bridgehead atoms. The lowest BCUT2D eigenvalue weighted by Crippen LogP contribution is -2.92. The zero-order valence-corrected chi connectivity index (χ0v) is 13.9. The van der Waals surface area contributed by atoms with Gasteiger partial charge >= 0.3 is 0 Å². The molecule has 0 fully saturated rings. The van der Waals surface area contributed by atoms with Crippen LogP contribution in [0.15, 0.2) is 77.4 Å². The minimum absolute atomic E-state index is 0.155. The summed E-state index contributed by atoms with van der Waals surface area (Å²) in [5, 5.41) is 4.54. The Kier molecular flexibility index (Phi) is 5.26. The number of anilines is 1. The third-order valence-electron chi connectivity index (χ3n) is 4.03. The van der Waals surface area contributed by atoms with Gasteiger partial charge in [0.05, 0.1) is 12.0 Å². The Bertz CT molecular complexity index is 819. The number of halogens is 1. The van der Waals surface area contributed by atoms with Crippen LogP contribution < -0.4 is 10.6 Å². The van der Waals surface area contributed by atoms with Crippen LogP contribution in [0.2, 0.25) is 0 Å². The topological polar surface area (TPSA) is 58.9 Å². The van der Waals surface area contributed by atoms with Crippen molar-refractivity contribution in [1.82, 2.24) is 0 Å². The smallest absolute Gasteiger partial charge is 0.282 e. The second-order valence-corrected chi connectivity index (χ2v) is 5.85. The maximum Gasteiger partial charge on any atom is 0.282 e. The number of quaternary nitrogens is 1. The largest absolute Gasteiger partial charge is 0.463 e. The summed E-state index contributed by atoms with van der Waals surface area (Å²) in [5.41, 5.74) is 1.21. The predicted octanol–water partition coefficient (Wildman–Crippen LogP) is 3.10. The number of furan rings is 1. The predicted molar refractivity (Wildman–Crippen MR) is 93.4 cm³/mol. The zero-order chi connectivity index (χ0) is 17.6. The quantitative estimate of drug-likeness (QED) is 0.725. The number of nitrogens with two attached hydrogens (primary N) is 1. The Morgan fingerprint density at radius 3 is 2.44 bits per heavy atom. The molecule has 5 heteroatoms. The van der Waals surface area contributed by atoms with Crippen LogP contribution in [0.4, 0.5) is 10.1 Å². The van der Waals surface area contributed by atoms with Crippen molar-refractivity contribution in [2.45, 2.75) is 19.0 Å². The van der Waals surface area contributed by atoms with E-state index in [1.165, 1.54) is 6.07 Å². The van der Waals surface area contributed by atoms with Gasteiger partial charge in [-0.25, -0.2) is 4.39 Å². The summed E-state index contributed by atoms with van der Waals surface area (Å²) in [5.74, 6) is 0.0445. The van der Waals surface area contributed by atoms with Crippen LogP contribution in [-0.2, 0) is 4.79 Å². The van der Waals surface area contributed by atoms with Gasteiger partial charge in [0.2, 0.25) is 0 Å². The summed E-state index contributed by atoms with van der Waals surface area (Å²) < 4.78 is 19.3. The molecular weight excluding hydrogens is 319 g/mol. The zero-order valence-electron chi connectivity index (χ0n) is 13.9. The van der Waals surface area contributed by atoms with Crippen LogP contribution in [0.1, 0.15) is 24.3 Å². The van der Waals surface area contributed by atoms with Crippen LogP contribution in [0, 0.1) is 5.82 Å². The number of amides is 1. The number of benzene rings is 2. The summed E-state index contributed by atoms with van der Waals surface area (Å²) in [4.78, 5) is 12.5. The highest BCUT2D eigenvalue weighted by Crippen LogP contribution is 2.19. The maximum atomic E-state index is 13.7. The number of hydrogen-bond acceptors (Lipinski definition) is 2. The van der Waals surface area contributed by atoms with Gasteiger partial charge in [-0.2, -0.15) is 0 Å². The van der Waals surface area contributed by atoms with Gasteiger partial charge in [-0.05, 0) is 31.2 Å². The molecule has 3 N–H and O–H groups in total. The Morgan fingerprint density at radius 2 is 1.76 bits per heavy atom. The van der Waals surface area contributed by atoms with Gasteiger partial charge in [0.25, 0.3) is 5.91 Å². The van der Waals surface area contributed by atoms with Gasteiger partial charge in [-0.3, -0.25) is 4.79 Å². The molecule has 2 aromatic carbocycles. The normalized spacial score (nSPS) is 13.2. The summed E-state index contributed by atoms with van der Waals surface area (Å²) in [6, 6.07) is 19.1. The minimum atomic E-state index is -0.450. The van der Waals surface area contributed by atoms with Gasteiger partial charge in [0.15, 0.2) is 17.8 Å². The molecular formula is C20H20FN2O2+. The van der Waals surface area contributed by atoms with Crippen molar-refractivity contribution >= 4 is 11.6 Å². The van der Waals surface area contributed by atoms with E-state index in [1.807, 2.05) is 47.8 Å². The molecule has 0 aliphatic carbocycles. The number of carbonyl (C=O) groups is 1. The molecule has 3 rings (SSSR count). The first-order valence-corrected chi connectivity index (χ1v) is 8.14. The third-order valence-corrected chi connectivity index (χ3v) is 4.03. The second-order valence-electron chi connectivity index (χ2n) is 5.85. The van der Waals surface area contributed by atoms with Crippen LogP contribution >= 0.6 is 0 Å². The van der Waals surface area contributed by atoms with E-state index >= 15 is 0 Å². The third kappa shape index (κ3) is 4.14. The van der Waals surface area contributed by atoms with E-state index in [1.54, 1.807) is 31.4 Å². The van der Waals surface area contributed by atoms with Gasteiger partial charge in [-0.15, -0.1) is 0 Å². The summed E-state index contributed by atoms with van der Waals surface area (Å²) >= 11 is 0. The Morgan fingerprint density at radius 1 is 1.04 bits per heavy atom. The van der Waals surface area contributed by atoms with E-state index in [0.717, 1.165) is 11.3 Å². The molecule has 0 aliphatic rings. The van der Waals surface area contributed by atoms with Gasteiger partial charge in [0.1, 0.15) is 5.82 Å². The molecule has 128 valence electrons. The Balaban J connectivity index is 1.75. The lowest BCUT2D eigenvalue weighted by atomic mass is 10.0. The lowest BCUT2D eigenvalue weighted by molar-refractivity contribution is -0.706. The molecule has 0 saturated heterocycles. The molecule has 3 aromatic rings. The number of rotatable bonds is 6. The first-order valence-electron chi connectivity index (χ1n) is 8.14. The van der Waals surface area contributed by atoms with Crippen LogP contribution in [0.5, 0.6) is 0 Å². The van der Waals surface area contributed by atoms with E-state index in [9.17, 15) is 9.18 Å². The van der Waals surface area contributed by atoms with Crippen molar-refractivity contribution in [3.05, 3.63) is 90.1 Å². The van der Waals surface area contributed by atoms with Crippen LogP contribution in [-0.4, -0.2) is 11.9 Å². The van der Waals surface area contributed by atoms with E-state index in [-0.39, 0.29) is 17.6 Å². The fraction of sp³-hybridized carbons (Fsp3) is 0.150. The molecule has 0 saturated carbocycles. The van der Waals surface area contributed by atoms with E-state index in [0.29, 0.717) is 0 Å². The van der Waals surface area contributed by atoms with Crippen LogP contribution in [0.3, 0.4) is 0 Å². The van der Waals surface area contributed by atoms with Crippen molar-refractivity contribution in [3.8, 4) is 0 Å². The van der Waals surface area contributed by atoms with E-state index < -0.39 is 11.9 Å². The van der Waals surface area contributed by atoms with Crippen molar-refractivity contribution in [2.75, 3.05) is 5.32 Å². The number of hydrogen-bond donors (Lipinski definition) is 2. The van der Waals surface area contributed by atoms with Crippen molar-refractivity contribution in [1.29, 1.82) is 0 Å². The molecule has 0 spiro atoms. The number of nitrogens with one attached hydrogen (secondary N) is 1. The van der Waals surface area contributed by atoms with Crippen molar-refractivity contribution < 1.29 is 18.9 Å². The Labute approximate surface area is 145 Å². The highest BCUT2D eigenvalue weighted by Gasteiger charge is 2.27. The Hall–Kier alpha value is -2.92. The molecule has 0 radical (unpaired) electrons.